The van der Waals surface area contributed by atoms with Gasteiger partial charge in [0, 0.05) is 18.0 Å². The average Bonchev–Trinajstić information content (AvgIpc) is 3.11. The number of amides is 1. The van der Waals surface area contributed by atoms with Gasteiger partial charge in [-0.1, -0.05) is 18.1 Å². The van der Waals surface area contributed by atoms with Crippen molar-refractivity contribution >= 4 is 17.4 Å². The van der Waals surface area contributed by atoms with Gasteiger partial charge in [-0.05, 0) is 104 Å². The van der Waals surface area contributed by atoms with E-state index in [2.05, 4.69) is 22.4 Å². The molecule has 180 valence electrons. The van der Waals surface area contributed by atoms with Crippen LogP contribution in [-0.4, -0.2) is 21.8 Å². The van der Waals surface area contributed by atoms with Crippen molar-refractivity contribution in [1.29, 1.82) is 0 Å². The van der Waals surface area contributed by atoms with E-state index < -0.39 is 5.82 Å². The molecule has 0 spiro atoms. The van der Waals surface area contributed by atoms with Crippen LogP contribution in [0.3, 0.4) is 0 Å². The lowest BCUT2D eigenvalue weighted by Gasteiger charge is -2.50. The zero-order valence-corrected chi connectivity index (χ0v) is 19.4. The minimum Gasteiger partial charge on any atom is -0.411 e. The number of nitrogens with zero attached hydrogens (tertiary/aromatic N) is 2. The molecule has 5 atom stereocenters. The molecule has 0 bridgehead atoms. The van der Waals surface area contributed by atoms with E-state index in [1.54, 1.807) is 12.1 Å². The molecule has 0 aliphatic heterocycles. The maximum atomic E-state index is 13.8. The van der Waals surface area contributed by atoms with Gasteiger partial charge in [-0.2, -0.15) is 0 Å². The SMILES string of the molecule is C[C@]12CCC3c4ccc(F)cc4CCC3C1[C@H](CCCC(=O)Nc1ncccc1F)C/C2=N\O. The molecule has 1 heterocycles. The zero-order valence-electron chi connectivity index (χ0n) is 19.4. The van der Waals surface area contributed by atoms with Crippen LogP contribution < -0.4 is 5.32 Å². The molecule has 1 aromatic heterocycles. The van der Waals surface area contributed by atoms with Crippen molar-refractivity contribution in [3.63, 3.8) is 0 Å². The largest absolute Gasteiger partial charge is 0.411 e. The van der Waals surface area contributed by atoms with Gasteiger partial charge in [0.25, 0.3) is 0 Å². The molecule has 0 saturated heterocycles. The highest BCUT2D eigenvalue weighted by Crippen LogP contribution is 2.62. The second-order valence-corrected chi connectivity index (χ2v) is 10.4. The Kier molecular flexibility index (Phi) is 6.13. The lowest BCUT2D eigenvalue weighted by molar-refractivity contribution is -0.116. The first-order valence-electron chi connectivity index (χ1n) is 12.3. The lowest BCUT2D eigenvalue weighted by Crippen LogP contribution is -2.44. The number of carbonyl (C=O) groups excluding carboxylic acids is 1. The third kappa shape index (κ3) is 3.99. The molecule has 34 heavy (non-hydrogen) atoms. The van der Waals surface area contributed by atoms with Gasteiger partial charge in [-0.25, -0.2) is 13.8 Å². The van der Waals surface area contributed by atoms with Crippen LogP contribution in [0.5, 0.6) is 0 Å². The Labute approximate surface area is 198 Å². The maximum absolute atomic E-state index is 13.8. The third-order valence-electron chi connectivity index (χ3n) is 8.68. The Hall–Kier alpha value is -2.83. The molecule has 3 aliphatic rings. The minimum atomic E-state index is -0.545. The molecule has 1 amide bonds. The van der Waals surface area contributed by atoms with E-state index >= 15 is 0 Å². The second-order valence-electron chi connectivity index (χ2n) is 10.4. The topological polar surface area (TPSA) is 74.6 Å². The second kappa shape index (κ2) is 9.08. The number of benzene rings is 1. The van der Waals surface area contributed by atoms with Crippen molar-refractivity contribution in [2.24, 2.45) is 28.3 Å². The number of halogens is 2. The van der Waals surface area contributed by atoms with Crippen LogP contribution in [0.25, 0.3) is 0 Å². The molecule has 2 aromatic rings. The van der Waals surface area contributed by atoms with E-state index in [4.69, 9.17) is 0 Å². The summed E-state index contributed by atoms with van der Waals surface area (Å²) in [5.41, 5.74) is 3.15. The summed E-state index contributed by atoms with van der Waals surface area (Å²) in [5, 5.41) is 16.1. The van der Waals surface area contributed by atoms with Crippen LogP contribution in [0, 0.1) is 34.8 Å². The highest BCUT2D eigenvalue weighted by Gasteiger charge is 2.57. The van der Waals surface area contributed by atoms with Crippen molar-refractivity contribution in [2.75, 3.05) is 5.32 Å². The van der Waals surface area contributed by atoms with E-state index in [0.717, 1.165) is 49.8 Å². The number of nitrogens with one attached hydrogen (secondary N) is 1. The molecule has 7 heteroatoms. The molecular weight excluding hydrogens is 436 g/mol. The minimum absolute atomic E-state index is 0.0388. The van der Waals surface area contributed by atoms with Crippen molar-refractivity contribution in [3.05, 3.63) is 59.3 Å². The molecule has 2 saturated carbocycles. The number of fused-ring (bicyclic) bond motifs is 5. The number of aryl methyl sites for hydroxylation is 1. The van der Waals surface area contributed by atoms with Crippen molar-refractivity contribution < 1.29 is 18.8 Å². The number of rotatable bonds is 5. The van der Waals surface area contributed by atoms with Gasteiger partial charge in [-0.3, -0.25) is 4.79 Å². The number of carbonyl (C=O) groups is 1. The number of aromatic nitrogens is 1. The third-order valence-corrected chi connectivity index (χ3v) is 8.68. The summed E-state index contributed by atoms with van der Waals surface area (Å²) in [7, 11) is 0. The van der Waals surface area contributed by atoms with Crippen LogP contribution in [-0.2, 0) is 11.2 Å². The molecule has 1 aromatic carbocycles. The molecule has 3 aliphatic carbocycles. The van der Waals surface area contributed by atoms with Crippen molar-refractivity contribution in [2.45, 2.75) is 64.2 Å². The van der Waals surface area contributed by atoms with E-state index in [1.165, 1.54) is 23.9 Å². The van der Waals surface area contributed by atoms with E-state index in [1.807, 2.05) is 6.07 Å². The predicted molar refractivity (Wildman–Crippen MR) is 126 cm³/mol. The lowest BCUT2D eigenvalue weighted by atomic mass is 9.54. The van der Waals surface area contributed by atoms with Crippen LogP contribution in [0.4, 0.5) is 14.6 Å². The summed E-state index contributed by atoms with van der Waals surface area (Å²) in [5.74, 6) is 0.548. The fourth-order valence-electron chi connectivity index (χ4n) is 7.25. The Morgan fingerprint density at radius 1 is 1.29 bits per heavy atom. The first kappa shape index (κ1) is 22.9. The van der Waals surface area contributed by atoms with Gasteiger partial charge < -0.3 is 10.5 Å². The summed E-state index contributed by atoms with van der Waals surface area (Å²) in [6.07, 6.45) is 7.85. The van der Waals surface area contributed by atoms with Gasteiger partial charge >= 0.3 is 0 Å². The first-order valence-corrected chi connectivity index (χ1v) is 12.3. The van der Waals surface area contributed by atoms with Crippen LogP contribution in [0.15, 0.2) is 41.7 Å². The molecular formula is C27H31F2N3O2. The number of anilines is 1. The number of hydrogen-bond donors (Lipinski definition) is 2. The van der Waals surface area contributed by atoms with Gasteiger partial charge in [0.05, 0.1) is 5.71 Å². The van der Waals surface area contributed by atoms with Crippen molar-refractivity contribution in [1.82, 2.24) is 4.98 Å². The van der Waals surface area contributed by atoms with Gasteiger partial charge in [0.15, 0.2) is 11.6 Å². The zero-order chi connectivity index (χ0) is 23.9. The molecule has 3 unspecified atom stereocenters. The van der Waals surface area contributed by atoms with Gasteiger partial charge in [0.2, 0.25) is 5.91 Å². The summed E-state index contributed by atoms with van der Waals surface area (Å²) in [6.45, 7) is 2.24. The van der Waals surface area contributed by atoms with Crippen LogP contribution in [0.1, 0.15) is 68.9 Å². The molecule has 0 radical (unpaired) electrons. The molecule has 2 fully saturated rings. The van der Waals surface area contributed by atoms with Crippen LogP contribution in [0.2, 0.25) is 0 Å². The monoisotopic (exact) mass is 467 g/mol. The summed E-state index contributed by atoms with van der Waals surface area (Å²) < 4.78 is 27.6. The smallest absolute Gasteiger partial charge is 0.225 e. The highest BCUT2D eigenvalue weighted by molar-refractivity contribution is 5.92. The number of oxime groups is 1. The predicted octanol–water partition coefficient (Wildman–Crippen LogP) is 6.08. The number of hydrogen-bond acceptors (Lipinski definition) is 4. The van der Waals surface area contributed by atoms with Crippen molar-refractivity contribution in [3.8, 4) is 0 Å². The Balaban J connectivity index is 1.30. The van der Waals surface area contributed by atoms with E-state index in [9.17, 15) is 18.8 Å². The highest BCUT2D eigenvalue weighted by atomic mass is 19.1. The number of pyridine rings is 1. The fraction of sp³-hybridized carbons (Fsp3) is 0.519. The van der Waals surface area contributed by atoms with Crippen LogP contribution >= 0.6 is 0 Å². The van der Waals surface area contributed by atoms with E-state index in [0.29, 0.717) is 30.1 Å². The summed E-state index contributed by atoms with van der Waals surface area (Å²) in [6, 6.07) is 7.99. The molecule has 2 N–H and O–H groups in total. The molecule has 5 nitrogen and oxygen atoms in total. The standard InChI is InChI=1S/C27H31F2N3O2/c1-27-12-11-20-19-10-8-18(28)14-16(19)7-9-21(20)25(27)17(15-23(27)32-34)4-2-6-24(33)31-26-22(29)5-3-13-30-26/h3,5,8,10,13-14,17,20-21,25,34H,2,4,6-7,9,11-12,15H2,1H3,(H,30,31,33)/b32-23+/t17-,20?,21?,25?,27-/m1/s1. The Morgan fingerprint density at radius 2 is 2.15 bits per heavy atom. The normalized spacial score (nSPS) is 31.0. The quantitative estimate of drug-likeness (QED) is 0.413. The summed E-state index contributed by atoms with van der Waals surface area (Å²) in [4.78, 5) is 16.3. The Morgan fingerprint density at radius 3 is 2.94 bits per heavy atom. The average molecular weight is 468 g/mol. The maximum Gasteiger partial charge on any atom is 0.225 e. The van der Waals surface area contributed by atoms with Gasteiger partial charge in [0.1, 0.15) is 5.82 Å². The fourth-order valence-corrected chi connectivity index (χ4v) is 7.25. The first-order chi connectivity index (χ1) is 16.4. The van der Waals surface area contributed by atoms with E-state index in [-0.39, 0.29) is 29.4 Å². The Bertz CT molecular complexity index is 1120. The summed E-state index contributed by atoms with van der Waals surface area (Å²) >= 11 is 0. The molecule has 5 rings (SSSR count). The van der Waals surface area contributed by atoms with Gasteiger partial charge in [-0.15, -0.1) is 0 Å².